The Kier molecular flexibility index (Phi) is 5.64. The maximum absolute atomic E-state index is 6.48. The van der Waals surface area contributed by atoms with Crippen molar-refractivity contribution in [2.24, 2.45) is 0 Å². The zero-order chi connectivity index (χ0) is 30.9. The topological polar surface area (TPSA) is 13.1 Å². The maximum atomic E-state index is 6.48. The van der Waals surface area contributed by atoms with E-state index in [1.165, 1.54) is 71.1 Å². The van der Waals surface area contributed by atoms with E-state index in [1.807, 2.05) is 0 Å². The standard InChI is InChI=1S/C46H28O/c1-4-14-35-29(10-1)24-26-40-42(35)28-33-12-3-5-15-37(33)44(40)39-17-8-7-13-34(39)31-20-22-32(23-21-31)36-18-9-19-43-45(36)41-27-25-30-11-2-6-16-38(30)46(41)47-43/h1-28H. The molecule has 0 N–H and O–H groups in total. The number of rotatable bonds is 3. The van der Waals surface area contributed by atoms with Crippen LogP contribution in [0.2, 0.25) is 0 Å². The van der Waals surface area contributed by atoms with E-state index in [-0.39, 0.29) is 0 Å². The van der Waals surface area contributed by atoms with Gasteiger partial charge in [0.15, 0.2) is 0 Å². The number of benzene rings is 9. The quantitative estimate of drug-likeness (QED) is 0.146. The summed E-state index contributed by atoms with van der Waals surface area (Å²) in [6, 6.07) is 61.6. The van der Waals surface area contributed by atoms with Crippen LogP contribution in [-0.4, -0.2) is 0 Å². The maximum Gasteiger partial charge on any atom is 0.143 e. The molecule has 0 spiro atoms. The lowest BCUT2D eigenvalue weighted by Crippen LogP contribution is -1.90. The molecule has 0 aliphatic rings. The van der Waals surface area contributed by atoms with Crippen molar-refractivity contribution >= 4 is 65.0 Å². The van der Waals surface area contributed by atoms with Crippen molar-refractivity contribution in [2.75, 3.05) is 0 Å². The summed E-state index contributed by atoms with van der Waals surface area (Å²) in [5.74, 6) is 0. The molecule has 0 saturated carbocycles. The largest absolute Gasteiger partial charge is 0.455 e. The molecule has 0 unspecified atom stereocenters. The van der Waals surface area contributed by atoms with E-state index in [9.17, 15) is 0 Å². The Balaban J connectivity index is 1.16. The van der Waals surface area contributed by atoms with Gasteiger partial charge in [-0.05, 0) is 89.3 Å². The average molecular weight is 597 g/mol. The number of furan rings is 1. The monoisotopic (exact) mass is 596 g/mol. The zero-order valence-corrected chi connectivity index (χ0v) is 25.6. The molecule has 0 amide bonds. The second kappa shape index (κ2) is 10.2. The highest BCUT2D eigenvalue weighted by Crippen LogP contribution is 2.44. The normalized spacial score (nSPS) is 11.8. The molecule has 0 aliphatic carbocycles. The van der Waals surface area contributed by atoms with Gasteiger partial charge in [0.2, 0.25) is 0 Å². The van der Waals surface area contributed by atoms with Crippen LogP contribution in [0.25, 0.3) is 98.4 Å². The highest BCUT2D eigenvalue weighted by atomic mass is 16.3. The Bertz CT molecular complexity index is 2830. The summed E-state index contributed by atoms with van der Waals surface area (Å²) in [7, 11) is 0. The predicted molar refractivity (Wildman–Crippen MR) is 200 cm³/mol. The minimum Gasteiger partial charge on any atom is -0.455 e. The minimum atomic E-state index is 0.915. The fraction of sp³-hybridized carbons (Fsp3) is 0. The second-order valence-corrected chi connectivity index (χ2v) is 12.4. The van der Waals surface area contributed by atoms with Crippen LogP contribution in [0.3, 0.4) is 0 Å². The molecule has 1 aromatic heterocycles. The van der Waals surface area contributed by atoms with Crippen molar-refractivity contribution in [2.45, 2.75) is 0 Å². The fourth-order valence-corrected chi connectivity index (χ4v) is 7.69. The third-order valence-electron chi connectivity index (χ3n) is 9.86. The van der Waals surface area contributed by atoms with Crippen LogP contribution in [0.15, 0.2) is 174 Å². The SMILES string of the molecule is c1ccc(-c2c3ccccc3cc3c2ccc2ccccc23)c(-c2ccc(-c3cccc4oc5c6ccccc6ccc5c34)cc2)c1. The average Bonchev–Trinajstić information content (AvgIpc) is 3.54. The summed E-state index contributed by atoms with van der Waals surface area (Å²) in [4.78, 5) is 0. The van der Waals surface area contributed by atoms with E-state index in [2.05, 4.69) is 170 Å². The first-order valence-electron chi connectivity index (χ1n) is 16.2. The predicted octanol–water partition coefficient (Wildman–Crippen LogP) is 13.2. The Morgan fingerprint density at radius 1 is 0.319 bits per heavy atom. The molecule has 0 atom stereocenters. The van der Waals surface area contributed by atoms with Gasteiger partial charge in [0.1, 0.15) is 11.2 Å². The minimum absolute atomic E-state index is 0.915. The molecule has 0 radical (unpaired) electrons. The van der Waals surface area contributed by atoms with Gasteiger partial charge in [0.05, 0.1) is 0 Å². The van der Waals surface area contributed by atoms with Gasteiger partial charge in [-0.2, -0.15) is 0 Å². The van der Waals surface area contributed by atoms with Crippen LogP contribution >= 0.6 is 0 Å². The van der Waals surface area contributed by atoms with Crippen molar-refractivity contribution in [3.8, 4) is 33.4 Å². The molecular formula is C46H28O. The van der Waals surface area contributed by atoms with Crippen LogP contribution in [0.1, 0.15) is 0 Å². The second-order valence-electron chi connectivity index (χ2n) is 12.4. The van der Waals surface area contributed by atoms with E-state index in [0.717, 1.165) is 27.3 Å². The molecule has 1 nitrogen and oxygen atoms in total. The van der Waals surface area contributed by atoms with Gasteiger partial charge in [-0.15, -0.1) is 0 Å². The summed E-state index contributed by atoms with van der Waals surface area (Å²) in [5, 5.41) is 12.3. The third kappa shape index (κ3) is 3.97. The van der Waals surface area contributed by atoms with Gasteiger partial charge < -0.3 is 4.42 Å². The molecule has 10 rings (SSSR count). The van der Waals surface area contributed by atoms with Crippen molar-refractivity contribution in [3.05, 3.63) is 170 Å². The van der Waals surface area contributed by atoms with Gasteiger partial charge in [-0.1, -0.05) is 152 Å². The molecule has 0 bridgehead atoms. The molecule has 1 heteroatoms. The van der Waals surface area contributed by atoms with Crippen LogP contribution in [-0.2, 0) is 0 Å². The van der Waals surface area contributed by atoms with Gasteiger partial charge in [0.25, 0.3) is 0 Å². The van der Waals surface area contributed by atoms with E-state index in [4.69, 9.17) is 4.42 Å². The Morgan fingerprint density at radius 3 is 1.68 bits per heavy atom. The Hall–Kier alpha value is -6.18. The van der Waals surface area contributed by atoms with Gasteiger partial charge in [-0.3, -0.25) is 0 Å². The van der Waals surface area contributed by atoms with Crippen molar-refractivity contribution in [1.82, 2.24) is 0 Å². The highest BCUT2D eigenvalue weighted by Gasteiger charge is 2.17. The molecular weight excluding hydrogens is 569 g/mol. The van der Waals surface area contributed by atoms with E-state index >= 15 is 0 Å². The van der Waals surface area contributed by atoms with Crippen molar-refractivity contribution < 1.29 is 4.42 Å². The van der Waals surface area contributed by atoms with E-state index in [1.54, 1.807) is 0 Å². The summed E-state index contributed by atoms with van der Waals surface area (Å²) in [5.41, 5.74) is 9.17. The number of fused-ring (bicyclic) bond motifs is 9. The first-order valence-corrected chi connectivity index (χ1v) is 16.2. The number of hydrogen-bond acceptors (Lipinski definition) is 1. The van der Waals surface area contributed by atoms with Crippen LogP contribution in [0, 0.1) is 0 Å². The molecule has 10 aromatic rings. The summed E-state index contributed by atoms with van der Waals surface area (Å²) < 4.78 is 6.48. The molecule has 0 fully saturated rings. The smallest absolute Gasteiger partial charge is 0.143 e. The number of hydrogen-bond donors (Lipinski definition) is 0. The molecule has 0 saturated heterocycles. The molecule has 1 heterocycles. The summed E-state index contributed by atoms with van der Waals surface area (Å²) >= 11 is 0. The van der Waals surface area contributed by atoms with Crippen LogP contribution < -0.4 is 0 Å². The summed E-state index contributed by atoms with van der Waals surface area (Å²) in [6.07, 6.45) is 0. The van der Waals surface area contributed by atoms with Gasteiger partial charge in [-0.25, -0.2) is 0 Å². The van der Waals surface area contributed by atoms with E-state index < -0.39 is 0 Å². The molecule has 47 heavy (non-hydrogen) atoms. The lowest BCUT2D eigenvalue weighted by Gasteiger charge is -2.17. The third-order valence-corrected chi connectivity index (χ3v) is 9.86. The lowest BCUT2D eigenvalue weighted by molar-refractivity contribution is 0.673. The summed E-state index contributed by atoms with van der Waals surface area (Å²) in [6.45, 7) is 0. The highest BCUT2D eigenvalue weighted by molar-refractivity contribution is 6.21. The Labute approximate surface area is 271 Å². The van der Waals surface area contributed by atoms with Gasteiger partial charge >= 0.3 is 0 Å². The molecule has 9 aromatic carbocycles. The molecule has 0 aliphatic heterocycles. The lowest BCUT2D eigenvalue weighted by atomic mass is 9.86. The first-order chi connectivity index (χ1) is 23.3. The fourth-order valence-electron chi connectivity index (χ4n) is 7.69. The van der Waals surface area contributed by atoms with Crippen molar-refractivity contribution in [3.63, 3.8) is 0 Å². The van der Waals surface area contributed by atoms with Crippen LogP contribution in [0.4, 0.5) is 0 Å². The molecule has 218 valence electrons. The van der Waals surface area contributed by atoms with Gasteiger partial charge in [0, 0.05) is 16.2 Å². The van der Waals surface area contributed by atoms with E-state index in [0.29, 0.717) is 0 Å². The van der Waals surface area contributed by atoms with Crippen molar-refractivity contribution in [1.29, 1.82) is 0 Å². The van der Waals surface area contributed by atoms with Crippen LogP contribution in [0.5, 0.6) is 0 Å². The first kappa shape index (κ1) is 26.1. The zero-order valence-electron chi connectivity index (χ0n) is 25.6. The Morgan fingerprint density at radius 2 is 0.894 bits per heavy atom.